The van der Waals surface area contributed by atoms with E-state index in [-0.39, 0.29) is 17.7 Å². The largest absolute Gasteiger partial charge is 0.312 e. The molecule has 0 unspecified atom stereocenters. The van der Waals surface area contributed by atoms with Gasteiger partial charge in [0.2, 0.25) is 11.0 Å². The topological polar surface area (TPSA) is 75.2 Å². The first-order valence-electron chi connectivity index (χ1n) is 7.70. The predicted molar refractivity (Wildman–Crippen MR) is 95.0 cm³/mol. The number of halogens is 1. The van der Waals surface area contributed by atoms with Gasteiger partial charge in [-0.2, -0.15) is 0 Å². The lowest BCUT2D eigenvalue weighted by Crippen LogP contribution is -2.27. The van der Waals surface area contributed by atoms with Crippen LogP contribution in [0.15, 0.2) is 18.2 Å². The highest BCUT2D eigenvalue weighted by atomic mass is 35.5. The Morgan fingerprint density at radius 1 is 1.38 bits per heavy atom. The fourth-order valence-corrected chi connectivity index (χ4v) is 3.41. The summed E-state index contributed by atoms with van der Waals surface area (Å²) in [6.45, 7) is 4.63. The average Bonchev–Trinajstić information content (AvgIpc) is 3.16. The van der Waals surface area contributed by atoms with Crippen LogP contribution in [0.5, 0.6) is 0 Å². The number of hydrogen-bond acceptors (Lipinski definition) is 5. The predicted octanol–water partition coefficient (Wildman–Crippen LogP) is 3.69. The zero-order valence-electron chi connectivity index (χ0n) is 13.4. The molecule has 2 heterocycles. The highest BCUT2D eigenvalue weighted by Gasteiger charge is 2.26. The minimum absolute atomic E-state index is 0.00401. The summed E-state index contributed by atoms with van der Waals surface area (Å²) in [5, 5.41) is 12.6. The molecule has 2 amide bonds. The smallest absolute Gasteiger partial charge is 0.259 e. The molecule has 0 spiro atoms. The molecule has 1 aromatic carbocycles. The van der Waals surface area contributed by atoms with E-state index >= 15 is 0 Å². The van der Waals surface area contributed by atoms with Crippen LogP contribution in [0.2, 0.25) is 5.02 Å². The standard InChI is InChI=1S/C16H17ClN4O2S/c1-9(2)15-19-20-16(24-15)18-14(23)11-6-5-10(17)8-12(11)21-7-3-4-13(21)22/h5-6,8-9H,3-4,7H2,1-2H3,(H,18,20,23). The van der Waals surface area contributed by atoms with E-state index in [1.165, 1.54) is 11.3 Å². The second-order valence-corrected chi connectivity index (χ2v) is 7.31. The molecule has 0 radical (unpaired) electrons. The number of carbonyl (C=O) groups excluding carboxylic acids is 2. The van der Waals surface area contributed by atoms with Gasteiger partial charge in [0.05, 0.1) is 11.3 Å². The first kappa shape index (κ1) is 16.9. The quantitative estimate of drug-likeness (QED) is 0.897. The van der Waals surface area contributed by atoms with Gasteiger partial charge in [-0.3, -0.25) is 14.9 Å². The third-order valence-electron chi connectivity index (χ3n) is 3.72. The molecule has 1 aliphatic rings. The number of hydrogen-bond donors (Lipinski definition) is 1. The number of nitrogens with one attached hydrogen (secondary N) is 1. The molecular weight excluding hydrogens is 348 g/mol. The van der Waals surface area contributed by atoms with Crippen LogP contribution in [0.25, 0.3) is 0 Å². The molecule has 8 heteroatoms. The minimum Gasteiger partial charge on any atom is -0.312 e. The van der Waals surface area contributed by atoms with Crippen molar-refractivity contribution in [3.05, 3.63) is 33.8 Å². The molecular formula is C16H17ClN4O2S. The fourth-order valence-electron chi connectivity index (χ4n) is 2.51. The van der Waals surface area contributed by atoms with E-state index in [9.17, 15) is 9.59 Å². The van der Waals surface area contributed by atoms with Gasteiger partial charge >= 0.3 is 0 Å². The van der Waals surface area contributed by atoms with E-state index in [1.807, 2.05) is 13.8 Å². The van der Waals surface area contributed by atoms with Crippen molar-refractivity contribution < 1.29 is 9.59 Å². The van der Waals surface area contributed by atoms with Crippen LogP contribution in [0.4, 0.5) is 10.8 Å². The molecule has 1 aliphatic heterocycles. The molecule has 2 aromatic rings. The van der Waals surface area contributed by atoms with Gasteiger partial charge in [0, 0.05) is 23.9 Å². The minimum atomic E-state index is -0.326. The van der Waals surface area contributed by atoms with Gasteiger partial charge in [0.1, 0.15) is 5.01 Å². The number of nitrogens with zero attached hydrogens (tertiary/aromatic N) is 3. The first-order chi connectivity index (χ1) is 11.5. The SMILES string of the molecule is CC(C)c1nnc(NC(=O)c2ccc(Cl)cc2N2CCCC2=O)s1. The molecule has 0 aliphatic carbocycles. The van der Waals surface area contributed by atoms with Crippen molar-refractivity contribution in [3.8, 4) is 0 Å². The van der Waals surface area contributed by atoms with Crippen molar-refractivity contribution >= 4 is 45.6 Å². The molecule has 1 fully saturated rings. The second kappa shape index (κ2) is 6.86. The monoisotopic (exact) mass is 364 g/mol. The first-order valence-corrected chi connectivity index (χ1v) is 8.90. The van der Waals surface area contributed by atoms with Gasteiger partial charge in [-0.1, -0.05) is 36.8 Å². The van der Waals surface area contributed by atoms with E-state index in [0.717, 1.165) is 11.4 Å². The number of carbonyl (C=O) groups is 2. The zero-order chi connectivity index (χ0) is 17.3. The Balaban J connectivity index is 1.87. The molecule has 1 saturated heterocycles. The van der Waals surface area contributed by atoms with E-state index in [1.54, 1.807) is 23.1 Å². The van der Waals surface area contributed by atoms with Crippen molar-refractivity contribution in [2.24, 2.45) is 0 Å². The number of amides is 2. The van der Waals surface area contributed by atoms with Crippen LogP contribution < -0.4 is 10.2 Å². The third-order valence-corrected chi connectivity index (χ3v) is 5.10. The molecule has 0 bridgehead atoms. The Kier molecular flexibility index (Phi) is 4.82. The lowest BCUT2D eigenvalue weighted by Gasteiger charge is -2.19. The Morgan fingerprint density at radius 2 is 2.17 bits per heavy atom. The highest BCUT2D eigenvalue weighted by molar-refractivity contribution is 7.15. The summed E-state index contributed by atoms with van der Waals surface area (Å²) in [6, 6.07) is 4.92. The van der Waals surface area contributed by atoms with Gasteiger partial charge < -0.3 is 4.90 Å². The molecule has 24 heavy (non-hydrogen) atoms. The van der Waals surface area contributed by atoms with Crippen molar-refractivity contribution in [1.29, 1.82) is 0 Å². The third kappa shape index (κ3) is 3.42. The van der Waals surface area contributed by atoms with E-state index in [4.69, 9.17) is 11.6 Å². The Morgan fingerprint density at radius 3 is 2.79 bits per heavy atom. The normalized spacial score (nSPS) is 14.5. The Hall–Kier alpha value is -1.99. The van der Waals surface area contributed by atoms with Crippen LogP contribution in [-0.4, -0.2) is 28.6 Å². The van der Waals surface area contributed by atoms with Crippen LogP contribution >= 0.6 is 22.9 Å². The maximum atomic E-state index is 12.6. The van der Waals surface area contributed by atoms with Crippen LogP contribution in [0, 0.1) is 0 Å². The summed E-state index contributed by atoms with van der Waals surface area (Å²) in [4.78, 5) is 26.3. The lowest BCUT2D eigenvalue weighted by atomic mass is 10.1. The van der Waals surface area contributed by atoms with Crippen molar-refractivity contribution in [2.75, 3.05) is 16.8 Å². The average molecular weight is 365 g/mol. The van der Waals surface area contributed by atoms with Gasteiger partial charge in [-0.25, -0.2) is 0 Å². The molecule has 0 saturated carbocycles. The van der Waals surface area contributed by atoms with E-state index < -0.39 is 0 Å². The molecule has 6 nitrogen and oxygen atoms in total. The molecule has 1 aromatic heterocycles. The van der Waals surface area contributed by atoms with Gasteiger partial charge in [-0.15, -0.1) is 10.2 Å². The van der Waals surface area contributed by atoms with Crippen LogP contribution in [0.1, 0.15) is 48.0 Å². The van der Waals surface area contributed by atoms with E-state index in [0.29, 0.717) is 34.4 Å². The van der Waals surface area contributed by atoms with Gasteiger partial charge in [0.25, 0.3) is 5.91 Å². The molecule has 1 N–H and O–H groups in total. The number of anilines is 2. The van der Waals surface area contributed by atoms with Gasteiger partial charge in [0.15, 0.2) is 0 Å². The van der Waals surface area contributed by atoms with Crippen molar-refractivity contribution in [1.82, 2.24) is 10.2 Å². The van der Waals surface area contributed by atoms with Crippen LogP contribution in [-0.2, 0) is 4.79 Å². The maximum absolute atomic E-state index is 12.6. The highest BCUT2D eigenvalue weighted by Crippen LogP contribution is 2.30. The summed E-state index contributed by atoms with van der Waals surface area (Å²) in [5.41, 5.74) is 0.937. The summed E-state index contributed by atoms with van der Waals surface area (Å²) >= 11 is 7.40. The van der Waals surface area contributed by atoms with Crippen molar-refractivity contribution in [2.45, 2.75) is 32.6 Å². The molecule has 3 rings (SSSR count). The number of benzene rings is 1. The summed E-state index contributed by atoms with van der Waals surface area (Å²) in [5.74, 6) is -0.0707. The summed E-state index contributed by atoms with van der Waals surface area (Å²) in [6.07, 6.45) is 1.27. The molecule has 0 atom stereocenters. The Labute approximate surface area is 148 Å². The Bertz CT molecular complexity index is 790. The van der Waals surface area contributed by atoms with Crippen LogP contribution in [0.3, 0.4) is 0 Å². The van der Waals surface area contributed by atoms with E-state index in [2.05, 4.69) is 15.5 Å². The lowest BCUT2D eigenvalue weighted by molar-refractivity contribution is -0.117. The second-order valence-electron chi connectivity index (χ2n) is 5.86. The maximum Gasteiger partial charge on any atom is 0.259 e. The molecule has 126 valence electrons. The number of aromatic nitrogens is 2. The van der Waals surface area contributed by atoms with Crippen molar-refractivity contribution in [3.63, 3.8) is 0 Å². The number of rotatable bonds is 4. The van der Waals surface area contributed by atoms with Gasteiger partial charge in [-0.05, 0) is 24.6 Å². The summed E-state index contributed by atoms with van der Waals surface area (Å²) < 4.78 is 0. The fraction of sp³-hybridized carbons (Fsp3) is 0.375. The summed E-state index contributed by atoms with van der Waals surface area (Å²) in [7, 11) is 0. The zero-order valence-corrected chi connectivity index (χ0v) is 14.9.